The summed E-state index contributed by atoms with van der Waals surface area (Å²) in [4.78, 5) is 35.2. The van der Waals surface area contributed by atoms with Crippen LogP contribution in [0.2, 0.25) is 0 Å². The van der Waals surface area contributed by atoms with E-state index in [4.69, 9.17) is 9.84 Å². The summed E-state index contributed by atoms with van der Waals surface area (Å²) in [7, 11) is 0. The zero-order valence-corrected chi connectivity index (χ0v) is 20.2. The van der Waals surface area contributed by atoms with Gasteiger partial charge in [-0.1, -0.05) is 55.5 Å². The second kappa shape index (κ2) is 11.4. The maximum atomic E-state index is 12.3. The SMILES string of the molecule is CC(CCNC(=O)OCC1c2ccccc2-c2ccccc21)CC(=O)NCC1CC(CC(=O)O)C1. The lowest BCUT2D eigenvalue weighted by Crippen LogP contribution is -2.37. The highest BCUT2D eigenvalue weighted by Gasteiger charge is 2.31. The molecule has 2 aliphatic carbocycles. The van der Waals surface area contributed by atoms with Crippen LogP contribution < -0.4 is 10.6 Å². The summed E-state index contributed by atoms with van der Waals surface area (Å²) in [6.45, 7) is 3.34. The molecule has 35 heavy (non-hydrogen) atoms. The standard InChI is InChI=1S/C28H34N2O5/c1-18(12-26(31)30-16-20-13-19(14-20)15-27(32)33)10-11-29-28(34)35-17-25-23-8-4-2-6-21(23)22-7-3-5-9-24(22)25/h2-9,18-20,25H,10-17H2,1H3,(H,29,34)(H,30,31)(H,32,33). The average molecular weight is 479 g/mol. The number of fused-ring (bicyclic) bond motifs is 3. The van der Waals surface area contributed by atoms with Gasteiger partial charge in [0.15, 0.2) is 0 Å². The summed E-state index contributed by atoms with van der Waals surface area (Å²) in [6.07, 6.45) is 2.60. The second-order valence-electron chi connectivity index (χ2n) is 9.96. The van der Waals surface area contributed by atoms with Gasteiger partial charge in [0.2, 0.25) is 5.91 Å². The summed E-state index contributed by atoms with van der Waals surface area (Å²) in [5.41, 5.74) is 4.75. The first-order chi connectivity index (χ1) is 16.9. The molecule has 0 bridgehead atoms. The molecule has 1 saturated carbocycles. The van der Waals surface area contributed by atoms with Gasteiger partial charge in [0, 0.05) is 31.8 Å². The van der Waals surface area contributed by atoms with Crippen molar-refractivity contribution >= 4 is 18.0 Å². The Morgan fingerprint density at radius 1 is 0.971 bits per heavy atom. The summed E-state index contributed by atoms with van der Waals surface area (Å²) in [6, 6.07) is 16.5. The van der Waals surface area contributed by atoms with Crippen molar-refractivity contribution in [1.29, 1.82) is 0 Å². The van der Waals surface area contributed by atoms with Gasteiger partial charge in [-0.15, -0.1) is 0 Å². The Balaban J connectivity index is 1.12. The van der Waals surface area contributed by atoms with Crippen molar-refractivity contribution in [3.05, 3.63) is 59.7 Å². The molecule has 3 N–H and O–H groups in total. The van der Waals surface area contributed by atoms with Gasteiger partial charge in [0.25, 0.3) is 0 Å². The number of amides is 2. The highest BCUT2D eigenvalue weighted by molar-refractivity contribution is 5.79. The number of carbonyl (C=O) groups is 3. The molecule has 0 aliphatic heterocycles. The van der Waals surface area contributed by atoms with Crippen molar-refractivity contribution in [2.24, 2.45) is 17.8 Å². The topological polar surface area (TPSA) is 105 Å². The minimum atomic E-state index is -0.752. The molecule has 186 valence electrons. The maximum absolute atomic E-state index is 12.3. The molecule has 2 aliphatic rings. The van der Waals surface area contributed by atoms with E-state index in [0.29, 0.717) is 31.8 Å². The number of hydrogen-bond acceptors (Lipinski definition) is 4. The lowest BCUT2D eigenvalue weighted by molar-refractivity contribution is -0.139. The third-order valence-corrected chi connectivity index (χ3v) is 7.17. The molecule has 1 fully saturated rings. The van der Waals surface area contributed by atoms with Crippen LogP contribution in [0.1, 0.15) is 56.1 Å². The fourth-order valence-corrected chi connectivity index (χ4v) is 5.27. The van der Waals surface area contributed by atoms with E-state index in [9.17, 15) is 14.4 Å². The predicted molar refractivity (Wildman–Crippen MR) is 133 cm³/mol. The highest BCUT2D eigenvalue weighted by atomic mass is 16.5. The third-order valence-electron chi connectivity index (χ3n) is 7.17. The first-order valence-corrected chi connectivity index (χ1v) is 12.5. The molecule has 2 amide bonds. The monoisotopic (exact) mass is 478 g/mol. The molecule has 4 rings (SSSR count). The van der Waals surface area contributed by atoms with E-state index in [1.165, 1.54) is 22.3 Å². The minimum Gasteiger partial charge on any atom is -0.481 e. The maximum Gasteiger partial charge on any atom is 0.407 e. The van der Waals surface area contributed by atoms with Crippen molar-refractivity contribution in [2.45, 2.75) is 44.9 Å². The minimum absolute atomic E-state index is 0.000301. The molecule has 0 aromatic heterocycles. The number of carboxylic acids is 1. The van der Waals surface area contributed by atoms with Crippen molar-refractivity contribution in [3.8, 4) is 11.1 Å². The Kier molecular flexibility index (Phi) is 8.06. The number of nitrogens with one attached hydrogen (secondary N) is 2. The van der Waals surface area contributed by atoms with Gasteiger partial charge in [-0.05, 0) is 59.3 Å². The number of alkyl carbamates (subject to hydrolysis) is 1. The Hall–Kier alpha value is -3.35. The Bertz CT molecular complexity index is 1020. The van der Waals surface area contributed by atoms with Crippen LogP contribution in [0.25, 0.3) is 11.1 Å². The van der Waals surface area contributed by atoms with Crippen molar-refractivity contribution in [1.82, 2.24) is 10.6 Å². The van der Waals surface area contributed by atoms with Crippen LogP contribution in [0, 0.1) is 17.8 Å². The highest BCUT2D eigenvalue weighted by Crippen LogP contribution is 2.44. The molecule has 0 heterocycles. The van der Waals surface area contributed by atoms with Gasteiger partial charge < -0.3 is 20.5 Å². The first kappa shape index (κ1) is 24.8. The van der Waals surface area contributed by atoms with Crippen LogP contribution >= 0.6 is 0 Å². The van der Waals surface area contributed by atoms with Crippen LogP contribution in [-0.4, -0.2) is 42.8 Å². The molecular formula is C28H34N2O5. The van der Waals surface area contributed by atoms with Crippen LogP contribution in [-0.2, 0) is 14.3 Å². The zero-order chi connectivity index (χ0) is 24.8. The summed E-state index contributed by atoms with van der Waals surface area (Å²) in [5, 5.41) is 14.6. The van der Waals surface area contributed by atoms with Gasteiger partial charge >= 0.3 is 12.1 Å². The van der Waals surface area contributed by atoms with E-state index in [0.717, 1.165) is 12.8 Å². The van der Waals surface area contributed by atoms with Crippen LogP contribution in [0.4, 0.5) is 4.79 Å². The summed E-state index contributed by atoms with van der Waals surface area (Å²) >= 11 is 0. The van der Waals surface area contributed by atoms with E-state index in [-0.39, 0.29) is 36.7 Å². The molecule has 7 nitrogen and oxygen atoms in total. The van der Waals surface area contributed by atoms with Gasteiger partial charge in [-0.2, -0.15) is 0 Å². The summed E-state index contributed by atoms with van der Waals surface area (Å²) in [5.74, 6) is 0.0420. The van der Waals surface area contributed by atoms with Gasteiger partial charge in [-0.25, -0.2) is 4.79 Å². The normalized spacial score (nSPS) is 19.1. The van der Waals surface area contributed by atoms with Crippen molar-refractivity contribution in [3.63, 3.8) is 0 Å². The van der Waals surface area contributed by atoms with Crippen LogP contribution in [0.15, 0.2) is 48.5 Å². The van der Waals surface area contributed by atoms with Crippen molar-refractivity contribution < 1.29 is 24.2 Å². The van der Waals surface area contributed by atoms with Gasteiger partial charge in [0.05, 0.1) is 0 Å². The Morgan fingerprint density at radius 3 is 2.23 bits per heavy atom. The fourth-order valence-electron chi connectivity index (χ4n) is 5.27. The first-order valence-electron chi connectivity index (χ1n) is 12.5. The summed E-state index contributed by atoms with van der Waals surface area (Å²) < 4.78 is 5.55. The smallest absolute Gasteiger partial charge is 0.407 e. The number of hydrogen-bond donors (Lipinski definition) is 3. The van der Waals surface area contributed by atoms with Crippen LogP contribution in [0.5, 0.6) is 0 Å². The van der Waals surface area contributed by atoms with E-state index in [1.807, 2.05) is 31.2 Å². The number of carbonyl (C=O) groups excluding carboxylic acids is 2. The predicted octanol–water partition coefficient (Wildman–Crippen LogP) is 4.56. The third kappa shape index (κ3) is 6.41. The molecule has 0 saturated heterocycles. The fraction of sp³-hybridized carbons (Fsp3) is 0.464. The molecule has 1 unspecified atom stereocenters. The van der Waals surface area contributed by atoms with Crippen molar-refractivity contribution in [2.75, 3.05) is 19.7 Å². The van der Waals surface area contributed by atoms with E-state index in [1.54, 1.807) is 0 Å². The Morgan fingerprint density at radius 2 is 1.60 bits per heavy atom. The quantitative estimate of drug-likeness (QED) is 0.439. The number of benzene rings is 2. The molecular weight excluding hydrogens is 444 g/mol. The zero-order valence-electron chi connectivity index (χ0n) is 20.2. The molecule has 2 aromatic rings. The number of ether oxygens (including phenoxy) is 1. The lowest BCUT2D eigenvalue weighted by Gasteiger charge is -2.34. The number of aliphatic carboxylic acids is 1. The van der Waals surface area contributed by atoms with E-state index in [2.05, 4.69) is 34.9 Å². The van der Waals surface area contributed by atoms with Gasteiger partial charge in [-0.3, -0.25) is 9.59 Å². The average Bonchev–Trinajstić information content (AvgIpc) is 3.12. The number of carboxylic acid groups (broad SMARTS) is 1. The van der Waals surface area contributed by atoms with E-state index < -0.39 is 12.1 Å². The molecule has 0 radical (unpaired) electrons. The molecule has 7 heteroatoms. The molecule has 0 spiro atoms. The Labute approximate surface area is 206 Å². The van der Waals surface area contributed by atoms with E-state index >= 15 is 0 Å². The van der Waals surface area contributed by atoms with Gasteiger partial charge in [0.1, 0.15) is 6.61 Å². The largest absolute Gasteiger partial charge is 0.481 e. The molecule has 1 atom stereocenters. The van der Waals surface area contributed by atoms with Crippen LogP contribution in [0.3, 0.4) is 0 Å². The number of rotatable bonds is 11. The lowest BCUT2D eigenvalue weighted by atomic mass is 9.73. The molecule has 2 aromatic carbocycles. The second-order valence-corrected chi connectivity index (χ2v) is 9.96.